The van der Waals surface area contributed by atoms with E-state index in [2.05, 4.69) is 66.7 Å². The summed E-state index contributed by atoms with van der Waals surface area (Å²) in [5.74, 6) is 0. The minimum Gasteiger partial charge on any atom is -0.0616 e. The molecule has 0 saturated carbocycles. The lowest BCUT2D eigenvalue weighted by molar-refractivity contribution is 1.28. The normalized spacial score (nSPS) is 12.6. The van der Waals surface area contributed by atoms with Gasteiger partial charge in [0, 0.05) is 0 Å². The summed E-state index contributed by atoms with van der Waals surface area (Å²) < 4.78 is 0. The van der Waals surface area contributed by atoms with Gasteiger partial charge in [-0.1, -0.05) is 48.5 Å². The van der Waals surface area contributed by atoms with Crippen LogP contribution in [0.15, 0.2) is 66.7 Å². The van der Waals surface area contributed by atoms with Crippen molar-refractivity contribution in [3.8, 4) is 11.1 Å². The summed E-state index contributed by atoms with van der Waals surface area (Å²) in [6.07, 6.45) is 1.04. The lowest BCUT2D eigenvalue weighted by atomic mass is 9.99. The Kier molecular flexibility index (Phi) is 2.09. The first-order valence-electron chi connectivity index (χ1n) is 7.34. The SMILES string of the molecule is [c]1cccc2cc3c(cc12)Cc1cc2ccccc2cc1-3. The second-order valence-corrected chi connectivity index (χ2v) is 5.80. The van der Waals surface area contributed by atoms with E-state index in [1.807, 2.05) is 6.07 Å². The molecule has 1 aliphatic rings. The Hall–Kier alpha value is -2.60. The van der Waals surface area contributed by atoms with Gasteiger partial charge in [0.15, 0.2) is 0 Å². The van der Waals surface area contributed by atoms with Crippen LogP contribution in [0, 0.1) is 6.07 Å². The van der Waals surface area contributed by atoms with Crippen molar-refractivity contribution in [1.29, 1.82) is 0 Å². The van der Waals surface area contributed by atoms with Gasteiger partial charge in [0.2, 0.25) is 0 Å². The number of benzene rings is 4. The first-order valence-corrected chi connectivity index (χ1v) is 7.34. The van der Waals surface area contributed by atoms with Crippen LogP contribution in [0.2, 0.25) is 0 Å². The Morgan fingerprint density at radius 2 is 1.33 bits per heavy atom. The maximum Gasteiger partial charge on any atom is -0.00130 e. The molecule has 1 radical (unpaired) electrons. The van der Waals surface area contributed by atoms with Crippen molar-refractivity contribution in [3.05, 3.63) is 83.9 Å². The van der Waals surface area contributed by atoms with Crippen LogP contribution in [0.1, 0.15) is 11.1 Å². The molecule has 0 aliphatic heterocycles. The standard InChI is InChI=1S/C21H13/c1-3-7-16-12-20-18(9-14(16)5-1)11-19-10-15-6-2-4-8-17(15)13-21(19)20/h1-5,7-10,12-13H,11H2. The lowest BCUT2D eigenvalue weighted by Gasteiger charge is -2.05. The summed E-state index contributed by atoms with van der Waals surface area (Å²) in [4.78, 5) is 0. The zero-order valence-corrected chi connectivity index (χ0v) is 11.6. The molecule has 0 spiro atoms. The van der Waals surface area contributed by atoms with Crippen molar-refractivity contribution in [2.24, 2.45) is 0 Å². The van der Waals surface area contributed by atoms with E-state index < -0.39 is 0 Å². The molecule has 1 aliphatic carbocycles. The molecule has 0 heterocycles. The maximum atomic E-state index is 3.34. The topological polar surface area (TPSA) is 0 Å². The van der Waals surface area contributed by atoms with Crippen molar-refractivity contribution in [3.63, 3.8) is 0 Å². The first-order chi connectivity index (χ1) is 10.4. The molecular weight excluding hydrogens is 252 g/mol. The molecule has 0 fully saturated rings. The molecule has 0 saturated heterocycles. The van der Waals surface area contributed by atoms with Crippen molar-refractivity contribution in [1.82, 2.24) is 0 Å². The van der Waals surface area contributed by atoms with Gasteiger partial charge in [-0.2, -0.15) is 0 Å². The molecule has 0 unspecified atom stereocenters. The molecule has 0 aromatic heterocycles. The molecule has 0 heteroatoms. The molecular formula is C21H13. The first kappa shape index (κ1) is 11.1. The van der Waals surface area contributed by atoms with Crippen molar-refractivity contribution in [2.45, 2.75) is 6.42 Å². The van der Waals surface area contributed by atoms with E-state index in [1.54, 1.807) is 0 Å². The van der Waals surface area contributed by atoms with Crippen LogP contribution >= 0.6 is 0 Å². The lowest BCUT2D eigenvalue weighted by Crippen LogP contribution is -1.81. The van der Waals surface area contributed by atoms with Crippen LogP contribution in [0.25, 0.3) is 32.7 Å². The molecule has 4 aromatic rings. The van der Waals surface area contributed by atoms with E-state index >= 15 is 0 Å². The summed E-state index contributed by atoms with van der Waals surface area (Å²) in [6, 6.07) is 27.5. The van der Waals surface area contributed by atoms with E-state index in [1.165, 1.54) is 43.8 Å². The number of hydrogen-bond acceptors (Lipinski definition) is 0. The van der Waals surface area contributed by atoms with Crippen molar-refractivity contribution >= 4 is 21.5 Å². The molecule has 0 atom stereocenters. The van der Waals surface area contributed by atoms with Crippen molar-refractivity contribution < 1.29 is 0 Å². The second kappa shape index (κ2) is 3.95. The van der Waals surface area contributed by atoms with Gasteiger partial charge in [-0.3, -0.25) is 0 Å². The Morgan fingerprint density at radius 1 is 0.667 bits per heavy atom. The Balaban J connectivity index is 1.84. The van der Waals surface area contributed by atoms with E-state index in [0.29, 0.717) is 0 Å². The summed E-state index contributed by atoms with van der Waals surface area (Å²) in [5, 5.41) is 5.15. The summed E-state index contributed by atoms with van der Waals surface area (Å²) in [5.41, 5.74) is 5.66. The van der Waals surface area contributed by atoms with Gasteiger partial charge in [0.05, 0.1) is 0 Å². The van der Waals surface area contributed by atoms with Crippen LogP contribution in [0.4, 0.5) is 0 Å². The molecule has 0 bridgehead atoms. The zero-order valence-electron chi connectivity index (χ0n) is 11.6. The van der Waals surface area contributed by atoms with Gasteiger partial charge >= 0.3 is 0 Å². The fourth-order valence-corrected chi connectivity index (χ4v) is 3.50. The Labute approximate surface area is 123 Å². The molecule has 0 N–H and O–H groups in total. The number of rotatable bonds is 0. The fourth-order valence-electron chi connectivity index (χ4n) is 3.50. The average Bonchev–Trinajstić information content (AvgIpc) is 2.87. The highest BCUT2D eigenvalue weighted by molar-refractivity contribution is 5.96. The van der Waals surface area contributed by atoms with Gasteiger partial charge in [-0.15, -0.1) is 0 Å². The summed E-state index contributed by atoms with van der Waals surface area (Å²) >= 11 is 0. The molecule has 5 rings (SSSR count). The maximum absolute atomic E-state index is 3.34. The molecule has 97 valence electrons. The Bertz CT molecular complexity index is 926. The predicted octanol–water partition coefficient (Wildman–Crippen LogP) is 5.36. The van der Waals surface area contributed by atoms with Crippen LogP contribution in [0.5, 0.6) is 0 Å². The van der Waals surface area contributed by atoms with Gasteiger partial charge < -0.3 is 0 Å². The molecule has 21 heavy (non-hydrogen) atoms. The van der Waals surface area contributed by atoms with Gasteiger partial charge in [-0.05, 0) is 74.5 Å². The van der Waals surface area contributed by atoms with E-state index in [0.717, 1.165) is 6.42 Å². The van der Waals surface area contributed by atoms with E-state index in [9.17, 15) is 0 Å². The van der Waals surface area contributed by atoms with Gasteiger partial charge in [0.1, 0.15) is 0 Å². The van der Waals surface area contributed by atoms with Gasteiger partial charge in [-0.25, -0.2) is 0 Å². The van der Waals surface area contributed by atoms with Gasteiger partial charge in [0.25, 0.3) is 0 Å². The highest BCUT2D eigenvalue weighted by Gasteiger charge is 2.19. The minimum absolute atomic E-state index is 1.04. The third-order valence-electron chi connectivity index (χ3n) is 4.53. The average molecular weight is 265 g/mol. The molecule has 0 nitrogen and oxygen atoms in total. The smallest absolute Gasteiger partial charge is 0.00130 e. The monoisotopic (exact) mass is 265 g/mol. The predicted molar refractivity (Wildman–Crippen MR) is 88.5 cm³/mol. The summed E-state index contributed by atoms with van der Waals surface area (Å²) in [6.45, 7) is 0. The highest BCUT2D eigenvalue weighted by Crippen LogP contribution is 2.40. The minimum atomic E-state index is 1.04. The Morgan fingerprint density at radius 3 is 2.19 bits per heavy atom. The summed E-state index contributed by atoms with van der Waals surface area (Å²) in [7, 11) is 0. The van der Waals surface area contributed by atoms with E-state index in [-0.39, 0.29) is 0 Å². The largest absolute Gasteiger partial charge is 0.0616 e. The van der Waals surface area contributed by atoms with Crippen LogP contribution in [-0.4, -0.2) is 0 Å². The third-order valence-corrected chi connectivity index (χ3v) is 4.53. The number of hydrogen-bond donors (Lipinski definition) is 0. The quantitative estimate of drug-likeness (QED) is 0.353. The third kappa shape index (κ3) is 1.56. The molecule has 0 amide bonds. The molecule has 4 aromatic carbocycles. The van der Waals surface area contributed by atoms with Crippen LogP contribution < -0.4 is 0 Å². The fraction of sp³-hybridized carbons (Fsp3) is 0.0476. The number of fused-ring (bicyclic) bond motifs is 5. The van der Waals surface area contributed by atoms with Crippen LogP contribution in [0.3, 0.4) is 0 Å². The zero-order chi connectivity index (χ0) is 13.8. The van der Waals surface area contributed by atoms with Crippen molar-refractivity contribution in [2.75, 3.05) is 0 Å². The van der Waals surface area contributed by atoms with E-state index in [4.69, 9.17) is 0 Å². The highest BCUT2D eigenvalue weighted by atomic mass is 14.2. The van der Waals surface area contributed by atoms with Crippen LogP contribution in [-0.2, 0) is 6.42 Å². The second-order valence-electron chi connectivity index (χ2n) is 5.80.